The molecule has 0 amide bonds. The Balaban J connectivity index is 2.53. The summed E-state index contributed by atoms with van der Waals surface area (Å²) in [4.78, 5) is 0. The molecule has 122 valence electrons. The zero-order chi connectivity index (χ0) is 16.5. The number of nitrogens with zero attached hydrogens (tertiary/aromatic N) is 1. The van der Waals surface area contributed by atoms with E-state index in [0.29, 0.717) is 0 Å². The van der Waals surface area contributed by atoms with Crippen molar-refractivity contribution in [2.75, 3.05) is 13.6 Å². The molecule has 0 saturated heterocycles. The lowest BCUT2D eigenvalue weighted by Crippen LogP contribution is -2.31. The largest absolute Gasteiger partial charge is 0.544 e. The molecule has 0 atom stereocenters. The molecule has 0 spiro atoms. The Hall–Kier alpha value is -1.05. The lowest BCUT2D eigenvalue weighted by molar-refractivity contribution is 0.558. The quantitative estimate of drug-likeness (QED) is 0.797. The second kappa shape index (κ2) is 6.22. The summed E-state index contributed by atoms with van der Waals surface area (Å²) in [7, 11) is -0.973. The predicted octanol–water partition coefficient (Wildman–Crippen LogP) is 4.30. The molecule has 22 heavy (non-hydrogen) atoms. The van der Waals surface area contributed by atoms with E-state index in [1.807, 2.05) is 7.05 Å². The Labute approximate surface area is 136 Å². The number of likely N-dealkylation sites (N-methyl/N-ethyl adjacent to an activating group) is 1. The van der Waals surface area contributed by atoms with Crippen LogP contribution in [0.15, 0.2) is 24.4 Å². The minimum atomic E-state index is -1.57. The van der Waals surface area contributed by atoms with Crippen LogP contribution in [0.5, 0.6) is 5.75 Å². The molecule has 3 nitrogen and oxygen atoms in total. The first-order valence-corrected chi connectivity index (χ1v) is 15.0. The number of hydrogen-bond acceptors (Lipinski definition) is 2. The maximum atomic E-state index is 6.19. The lowest BCUT2D eigenvalue weighted by Gasteiger charge is -2.21. The van der Waals surface area contributed by atoms with Crippen molar-refractivity contribution in [3.8, 4) is 5.75 Å². The monoisotopic (exact) mass is 334 g/mol. The fourth-order valence-electron chi connectivity index (χ4n) is 2.71. The molecule has 1 aromatic carbocycles. The number of benzene rings is 1. The maximum absolute atomic E-state index is 6.19. The number of hydrogen-bond donors (Lipinski definition) is 1. The zero-order valence-electron chi connectivity index (χ0n) is 15.1. The second-order valence-corrected chi connectivity index (χ2v) is 17.2. The highest BCUT2D eigenvalue weighted by atomic mass is 28.4. The Kier molecular flexibility index (Phi) is 4.89. The van der Waals surface area contributed by atoms with E-state index in [1.165, 1.54) is 16.5 Å². The number of aromatic nitrogens is 1. The van der Waals surface area contributed by atoms with Crippen molar-refractivity contribution < 1.29 is 4.43 Å². The van der Waals surface area contributed by atoms with Crippen LogP contribution in [0, 0.1) is 0 Å². The highest BCUT2D eigenvalue weighted by Gasteiger charge is 2.22. The summed E-state index contributed by atoms with van der Waals surface area (Å²) in [6.45, 7) is 14.9. The van der Waals surface area contributed by atoms with Crippen LogP contribution in [0.4, 0.5) is 0 Å². The topological polar surface area (TPSA) is 26.2 Å². The molecular weight excluding hydrogens is 304 g/mol. The molecule has 1 N–H and O–H groups in total. The third-order valence-electron chi connectivity index (χ3n) is 3.65. The average Bonchev–Trinajstić information content (AvgIpc) is 2.72. The highest BCUT2D eigenvalue weighted by Crippen LogP contribution is 2.29. The van der Waals surface area contributed by atoms with Gasteiger partial charge in [-0.05, 0) is 69.6 Å². The van der Waals surface area contributed by atoms with Crippen molar-refractivity contribution in [1.82, 2.24) is 9.55 Å². The third-order valence-corrected chi connectivity index (χ3v) is 6.31. The highest BCUT2D eigenvalue weighted by molar-refractivity contribution is 6.75. The van der Waals surface area contributed by atoms with E-state index < -0.39 is 16.6 Å². The van der Waals surface area contributed by atoms with Gasteiger partial charge in [0.05, 0.1) is 0 Å². The van der Waals surface area contributed by atoms with Crippen LogP contribution in [-0.2, 0) is 6.42 Å². The Bertz CT molecular complexity index is 651. The van der Waals surface area contributed by atoms with Crippen LogP contribution >= 0.6 is 0 Å². The standard InChI is InChI=1S/C17H30N2OSi2/c1-18-11-10-14-13-19(21(2,3)4)17-9-8-15(12-16(14)17)20-22(5,6)7/h8-9,12-13,18H,10-11H2,1-7H3. The lowest BCUT2D eigenvalue weighted by atomic mass is 10.1. The van der Waals surface area contributed by atoms with Crippen LogP contribution in [0.3, 0.4) is 0 Å². The second-order valence-electron chi connectivity index (χ2n) is 7.94. The molecule has 0 aliphatic rings. The van der Waals surface area contributed by atoms with E-state index in [2.05, 4.69) is 73.2 Å². The van der Waals surface area contributed by atoms with Gasteiger partial charge in [0.1, 0.15) is 5.75 Å². The minimum absolute atomic E-state index is 1.00. The summed E-state index contributed by atoms with van der Waals surface area (Å²) >= 11 is 0. The van der Waals surface area contributed by atoms with Crippen molar-refractivity contribution >= 4 is 27.5 Å². The molecule has 0 aliphatic heterocycles. The SMILES string of the molecule is CNCCc1cn([Si](C)(C)C)c2ccc(O[Si](C)(C)C)cc12. The molecule has 2 rings (SSSR count). The van der Waals surface area contributed by atoms with Gasteiger partial charge >= 0.3 is 0 Å². The fourth-order valence-corrected chi connectivity index (χ4v) is 5.00. The van der Waals surface area contributed by atoms with E-state index in [4.69, 9.17) is 4.43 Å². The van der Waals surface area contributed by atoms with Gasteiger partial charge in [-0.2, -0.15) is 0 Å². The predicted molar refractivity (Wildman–Crippen MR) is 102 cm³/mol. The van der Waals surface area contributed by atoms with E-state index in [-0.39, 0.29) is 0 Å². The van der Waals surface area contributed by atoms with Crippen molar-refractivity contribution in [3.63, 3.8) is 0 Å². The molecule has 0 bridgehead atoms. The first-order chi connectivity index (χ1) is 10.1. The van der Waals surface area contributed by atoms with E-state index in [0.717, 1.165) is 18.7 Å². The first-order valence-electron chi connectivity index (χ1n) is 8.10. The van der Waals surface area contributed by atoms with Gasteiger partial charge in [-0.15, -0.1) is 0 Å². The Morgan fingerprint density at radius 1 is 1.09 bits per heavy atom. The molecule has 5 heteroatoms. The molecule has 0 saturated carbocycles. The summed E-state index contributed by atoms with van der Waals surface area (Å²) < 4.78 is 8.71. The van der Waals surface area contributed by atoms with Gasteiger partial charge in [0.25, 0.3) is 0 Å². The fraction of sp³-hybridized carbons (Fsp3) is 0.529. The van der Waals surface area contributed by atoms with Gasteiger partial charge in [0.2, 0.25) is 8.32 Å². The van der Waals surface area contributed by atoms with Crippen LogP contribution in [0.1, 0.15) is 5.56 Å². The maximum Gasteiger partial charge on any atom is 0.242 e. The normalized spacial score (nSPS) is 12.9. The van der Waals surface area contributed by atoms with Gasteiger partial charge in [0.15, 0.2) is 8.24 Å². The van der Waals surface area contributed by atoms with Gasteiger partial charge in [-0.3, -0.25) is 0 Å². The molecule has 0 radical (unpaired) electrons. The molecule has 1 aromatic heterocycles. The summed E-state index contributed by atoms with van der Waals surface area (Å²) in [6, 6.07) is 6.63. The molecule has 1 heterocycles. The molecule has 0 unspecified atom stereocenters. The zero-order valence-corrected chi connectivity index (χ0v) is 17.1. The number of nitrogens with one attached hydrogen (secondary N) is 1. The van der Waals surface area contributed by atoms with Gasteiger partial charge < -0.3 is 14.0 Å². The van der Waals surface area contributed by atoms with Crippen LogP contribution in [0.2, 0.25) is 39.3 Å². The van der Waals surface area contributed by atoms with Crippen LogP contribution in [0.25, 0.3) is 10.9 Å². The van der Waals surface area contributed by atoms with Crippen molar-refractivity contribution in [1.29, 1.82) is 0 Å². The molecule has 0 aliphatic carbocycles. The van der Waals surface area contributed by atoms with Crippen LogP contribution < -0.4 is 9.74 Å². The van der Waals surface area contributed by atoms with E-state index in [1.54, 1.807) is 0 Å². The summed E-state index contributed by atoms with van der Waals surface area (Å²) in [5.41, 5.74) is 2.78. The van der Waals surface area contributed by atoms with E-state index >= 15 is 0 Å². The minimum Gasteiger partial charge on any atom is -0.544 e. The average molecular weight is 335 g/mol. The van der Waals surface area contributed by atoms with E-state index in [9.17, 15) is 0 Å². The number of rotatable bonds is 6. The number of fused-ring (bicyclic) bond motifs is 1. The molecule has 2 aromatic rings. The smallest absolute Gasteiger partial charge is 0.242 e. The summed E-state index contributed by atoms with van der Waals surface area (Å²) in [5, 5.41) is 4.61. The van der Waals surface area contributed by atoms with Gasteiger partial charge in [-0.25, -0.2) is 0 Å². The Morgan fingerprint density at radius 2 is 1.77 bits per heavy atom. The third kappa shape index (κ3) is 4.03. The van der Waals surface area contributed by atoms with Gasteiger partial charge in [0, 0.05) is 10.9 Å². The van der Waals surface area contributed by atoms with Crippen molar-refractivity contribution in [2.24, 2.45) is 0 Å². The molecular formula is C17H30N2OSi2. The van der Waals surface area contributed by atoms with Crippen molar-refractivity contribution in [3.05, 3.63) is 30.0 Å². The van der Waals surface area contributed by atoms with Crippen LogP contribution in [-0.4, -0.2) is 34.4 Å². The van der Waals surface area contributed by atoms with Crippen molar-refractivity contribution in [2.45, 2.75) is 45.7 Å². The molecule has 0 fully saturated rings. The van der Waals surface area contributed by atoms with Gasteiger partial charge in [-0.1, -0.05) is 19.6 Å². The summed E-state index contributed by atoms with van der Waals surface area (Å²) in [6.07, 6.45) is 3.42. The summed E-state index contributed by atoms with van der Waals surface area (Å²) in [5.74, 6) is 1.02. The first kappa shape index (κ1) is 17.3. The Morgan fingerprint density at radius 3 is 2.32 bits per heavy atom.